The van der Waals surface area contributed by atoms with Crippen LogP contribution in [0.3, 0.4) is 0 Å². The number of hydrogen-bond donors (Lipinski definition) is 1. The summed E-state index contributed by atoms with van der Waals surface area (Å²) in [4.78, 5) is 11.3. The van der Waals surface area contributed by atoms with Crippen LogP contribution in [-0.2, 0) is 11.2 Å². The van der Waals surface area contributed by atoms with Crippen molar-refractivity contribution in [3.63, 3.8) is 0 Å². The SMILES string of the molecule is N#CCSCC(=O)NCCc1ccccc1. The summed E-state index contributed by atoms with van der Waals surface area (Å²) in [5.74, 6) is 0.727. The summed E-state index contributed by atoms with van der Waals surface area (Å²) in [6.07, 6.45) is 0.843. The van der Waals surface area contributed by atoms with Crippen molar-refractivity contribution in [2.45, 2.75) is 6.42 Å². The molecule has 0 radical (unpaired) electrons. The predicted molar refractivity (Wildman–Crippen MR) is 66.1 cm³/mol. The first-order valence-electron chi connectivity index (χ1n) is 5.08. The van der Waals surface area contributed by atoms with Crippen molar-refractivity contribution in [1.82, 2.24) is 5.32 Å². The van der Waals surface area contributed by atoms with E-state index in [0.717, 1.165) is 6.42 Å². The lowest BCUT2D eigenvalue weighted by molar-refractivity contribution is -0.118. The van der Waals surface area contributed by atoms with E-state index in [9.17, 15) is 4.79 Å². The van der Waals surface area contributed by atoms with Gasteiger partial charge in [-0.2, -0.15) is 5.26 Å². The molecule has 3 nitrogen and oxygen atoms in total. The molecule has 0 aliphatic carbocycles. The molecular formula is C12H14N2OS. The number of nitrogens with zero attached hydrogens (tertiary/aromatic N) is 1. The van der Waals surface area contributed by atoms with E-state index in [-0.39, 0.29) is 5.91 Å². The van der Waals surface area contributed by atoms with Crippen molar-refractivity contribution in [2.24, 2.45) is 0 Å². The molecule has 0 aliphatic rings. The van der Waals surface area contributed by atoms with Gasteiger partial charge in [-0.15, -0.1) is 11.8 Å². The third kappa shape index (κ3) is 5.42. The maximum Gasteiger partial charge on any atom is 0.230 e. The quantitative estimate of drug-likeness (QED) is 0.761. The zero-order valence-electron chi connectivity index (χ0n) is 8.98. The summed E-state index contributed by atoms with van der Waals surface area (Å²) in [5.41, 5.74) is 1.22. The highest BCUT2D eigenvalue weighted by Crippen LogP contribution is 1.99. The third-order valence-corrected chi connectivity index (χ3v) is 2.78. The van der Waals surface area contributed by atoms with Gasteiger partial charge in [0.25, 0.3) is 0 Å². The van der Waals surface area contributed by atoms with E-state index in [1.54, 1.807) is 0 Å². The van der Waals surface area contributed by atoms with Crippen LogP contribution in [0, 0.1) is 11.3 Å². The second-order valence-corrected chi connectivity index (χ2v) is 4.22. The Balaban J connectivity index is 2.12. The van der Waals surface area contributed by atoms with Crippen LogP contribution in [0.15, 0.2) is 30.3 Å². The Morgan fingerprint density at radius 3 is 2.81 bits per heavy atom. The molecule has 0 heterocycles. The standard InChI is InChI=1S/C12H14N2OS/c13-7-9-16-10-12(15)14-8-6-11-4-2-1-3-5-11/h1-5H,6,8-10H2,(H,14,15). The molecule has 1 rings (SSSR count). The van der Waals surface area contributed by atoms with Gasteiger partial charge in [-0.25, -0.2) is 0 Å². The first kappa shape index (κ1) is 12.6. The molecule has 0 saturated heterocycles. The van der Waals surface area contributed by atoms with E-state index >= 15 is 0 Å². The number of amides is 1. The number of carbonyl (C=O) groups excluding carboxylic acids is 1. The van der Waals surface area contributed by atoms with Gasteiger partial charge >= 0.3 is 0 Å². The summed E-state index contributed by atoms with van der Waals surface area (Å²) < 4.78 is 0. The minimum absolute atomic E-state index is 0.00354. The van der Waals surface area contributed by atoms with Crippen molar-refractivity contribution in [3.05, 3.63) is 35.9 Å². The minimum atomic E-state index is -0.00354. The fraction of sp³-hybridized carbons (Fsp3) is 0.333. The Morgan fingerprint density at radius 2 is 2.12 bits per heavy atom. The van der Waals surface area contributed by atoms with E-state index in [1.165, 1.54) is 17.3 Å². The summed E-state index contributed by atoms with van der Waals surface area (Å²) >= 11 is 1.33. The normalized spacial score (nSPS) is 9.44. The topological polar surface area (TPSA) is 52.9 Å². The second kappa shape index (κ2) is 7.77. The van der Waals surface area contributed by atoms with Crippen LogP contribution in [-0.4, -0.2) is 24.0 Å². The zero-order chi connectivity index (χ0) is 11.6. The minimum Gasteiger partial charge on any atom is -0.355 e. The lowest BCUT2D eigenvalue weighted by Gasteiger charge is -2.04. The molecule has 1 aromatic rings. The van der Waals surface area contributed by atoms with Gasteiger partial charge in [0.15, 0.2) is 0 Å². The molecule has 0 bridgehead atoms. The maximum absolute atomic E-state index is 11.3. The van der Waals surface area contributed by atoms with Crippen LogP contribution >= 0.6 is 11.8 Å². The predicted octanol–water partition coefficient (Wildman–Crippen LogP) is 1.60. The van der Waals surface area contributed by atoms with E-state index in [4.69, 9.17) is 5.26 Å². The molecule has 1 amide bonds. The molecule has 0 unspecified atom stereocenters. The smallest absolute Gasteiger partial charge is 0.230 e. The van der Waals surface area contributed by atoms with Crippen molar-refractivity contribution in [1.29, 1.82) is 5.26 Å². The van der Waals surface area contributed by atoms with Crippen molar-refractivity contribution < 1.29 is 4.79 Å². The van der Waals surface area contributed by atoms with Crippen molar-refractivity contribution >= 4 is 17.7 Å². The average Bonchev–Trinajstić information content (AvgIpc) is 2.31. The summed E-state index contributed by atoms with van der Waals surface area (Å²) in [6, 6.07) is 12.0. The highest BCUT2D eigenvalue weighted by Gasteiger charge is 2.00. The van der Waals surface area contributed by atoms with Crippen LogP contribution in [0.4, 0.5) is 0 Å². The summed E-state index contributed by atoms with van der Waals surface area (Å²) in [7, 11) is 0. The Kier molecular flexibility index (Phi) is 6.12. The fourth-order valence-corrected chi connectivity index (χ4v) is 1.71. The van der Waals surface area contributed by atoms with Crippen molar-refractivity contribution in [2.75, 3.05) is 18.1 Å². The monoisotopic (exact) mass is 234 g/mol. The fourth-order valence-electron chi connectivity index (χ4n) is 1.23. The zero-order valence-corrected chi connectivity index (χ0v) is 9.80. The highest BCUT2D eigenvalue weighted by atomic mass is 32.2. The van der Waals surface area contributed by atoms with Crippen molar-refractivity contribution in [3.8, 4) is 6.07 Å². The molecule has 84 valence electrons. The number of nitrogens with one attached hydrogen (secondary N) is 1. The Bertz CT molecular complexity index is 359. The molecule has 1 aromatic carbocycles. The van der Waals surface area contributed by atoms with Gasteiger partial charge in [0, 0.05) is 6.54 Å². The van der Waals surface area contributed by atoms with Crippen LogP contribution in [0.1, 0.15) is 5.56 Å². The van der Waals surface area contributed by atoms with Gasteiger partial charge in [-0.1, -0.05) is 30.3 Å². The largest absolute Gasteiger partial charge is 0.355 e. The molecule has 16 heavy (non-hydrogen) atoms. The van der Waals surface area contributed by atoms with Crippen LogP contribution < -0.4 is 5.32 Å². The molecule has 0 saturated carbocycles. The van der Waals surface area contributed by atoms with Crippen LogP contribution in [0.2, 0.25) is 0 Å². The van der Waals surface area contributed by atoms with Gasteiger partial charge < -0.3 is 5.32 Å². The van der Waals surface area contributed by atoms with Gasteiger partial charge in [0.1, 0.15) is 0 Å². The molecule has 0 aliphatic heterocycles. The molecule has 0 atom stereocenters. The van der Waals surface area contributed by atoms with E-state index in [2.05, 4.69) is 5.32 Å². The first-order valence-corrected chi connectivity index (χ1v) is 6.23. The Labute approximate surface area is 99.8 Å². The van der Waals surface area contributed by atoms with Crippen LogP contribution in [0.5, 0.6) is 0 Å². The van der Waals surface area contributed by atoms with E-state index < -0.39 is 0 Å². The third-order valence-electron chi connectivity index (χ3n) is 1.98. The van der Waals surface area contributed by atoms with Gasteiger partial charge in [-0.05, 0) is 12.0 Å². The van der Waals surface area contributed by atoms with E-state index in [0.29, 0.717) is 18.1 Å². The Hall–Kier alpha value is -1.47. The molecular weight excluding hydrogens is 220 g/mol. The molecule has 4 heteroatoms. The maximum atomic E-state index is 11.3. The second-order valence-electron chi connectivity index (χ2n) is 3.24. The molecule has 1 N–H and O–H groups in total. The average molecular weight is 234 g/mol. The van der Waals surface area contributed by atoms with Crippen LogP contribution in [0.25, 0.3) is 0 Å². The number of nitriles is 1. The van der Waals surface area contributed by atoms with Gasteiger partial charge in [0.2, 0.25) is 5.91 Å². The number of hydrogen-bond acceptors (Lipinski definition) is 3. The van der Waals surface area contributed by atoms with Gasteiger partial charge in [0.05, 0.1) is 17.6 Å². The number of benzene rings is 1. The number of carbonyl (C=O) groups is 1. The molecule has 0 aromatic heterocycles. The first-order chi connectivity index (χ1) is 7.83. The Morgan fingerprint density at radius 1 is 1.38 bits per heavy atom. The summed E-state index contributed by atoms with van der Waals surface area (Å²) in [6.45, 7) is 0.649. The summed E-state index contributed by atoms with van der Waals surface area (Å²) in [5, 5.41) is 11.1. The lowest BCUT2D eigenvalue weighted by atomic mass is 10.1. The van der Waals surface area contributed by atoms with Gasteiger partial charge in [-0.3, -0.25) is 4.79 Å². The molecule has 0 fully saturated rings. The lowest BCUT2D eigenvalue weighted by Crippen LogP contribution is -2.27. The number of rotatable bonds is 6. The number of thioether (sulfide) groups is 1. The van der Waals surface area contributed by atoms with E-state index in [1.807, 2.05) is 36.4 Å². The highest BCUT2D eigenvalue weighted by molar-refractivity contribution is 8.00. The molecule has 0 spiro atoms.